The van der Waals surface area contributed by atoms with E-state index in [9.17, 15) is 22.4 Å². The number of ether oxygens (including phenoxy) is 1. The molecule has 0 saturated heterocycles. The molecule has 3 nitrogen and oxygen atoms in total. The molecule has 0 aliphatic carbocycles. The van der Waals surface area contributed by atoms with Gasteiger partial charge < -0.3 is 10.5 Å². The van der Waals surface area contributed by atoms with Crippen molar-refractivity contribution in [3.8, 4) is 11.1 Å². The number of benzene rings is 2. The summed E-state index contributed by atoms with van der Waals surface area (Å²) in [5.74, 6) is -1.34. The van der Waals surface area contributed by atoms with E-state index in [1.54, 1.807) is 6.92 Å². The van der Waals surface area contributed by atoms with Crippen LogP contribution < -0.4 is 5.73 Å². The van der Waals surface area contributed by atoms with Crippen molar-refractivity contribution in [3.63, 3.8) is 0 Å². The second kappa shape index (κ2) is 7.38. The molecular formula is C18H15F4NO2. The van der Waals surface area contributed by atoms with E-state index in [2.05, 4.69) is 0 Å². The molecule has 2 aromatic carbocycles. The lowest BCUT2D eigenvalue weighted by Crippen LogP contribution is -2.04. The number of rotatable bonds is 4. The highest BCUT2D eigenvalue weighted by Gasteiger charge is 2.30. The molecule has 0 amide bonds. The van der Waals surface area contributed by atoms with Gasteiger partial charge >= 0.3 is 12.1 Å². The molecule has 2 rings (SSSR count). The van der Waals surface area contributed by atoms with Crippen molar-refractivity contribution in [1.29, 1.82) is 0 Å². The van der Waals surface area contributed by atoms with Gasteiger partial charge in [0.2, 0.25) is 0 Å². The van der Waals surface area contributed by atoms with Crippen LogP contribution in [0.2, 0.25) is 0 Å². The number of alkyl halides is 3. The van der Waals surface area contributed by atoms with Crippen LogP contribution in [0.5, 0.6) is 0 Å². The average molecular weight is 353 g/mol. The van der Waals surface area contributed by atoms with E-state index in [0.717, 1.165) is 24.3 Å². The average Bonchev–Trinajstić information content (AvgIpc) is 2.55. The molecular weight excluding hydrogens is 338 g/mol. The second-order valence-electron chi connectivity index (χ2n) is 5.12. The zero-order valence-corrected chi connectivity index (χ0v) is 13.2. The van der Waals surface area contributed by atoms with Gasteiger partial charge in [-0.15, -0.1) is 0 Å². The molecule has 7 heteroatoms. The van der Waals surface area contributed by atoms with Crippen molar-refractivity contribution >= 4 is 17.7 Å². The van der Waals surface area contributed by atoms with Gasteiger partial charge in [-0.25, -0.2) is 9.18 Å². The van der Waals surface area contributed by atoms with Crippen LogP contribution in [0, 0.1) is 5.82 Å². The normalized spacial score (nSPS) is 11.7. The van der Waals surface area contributed by atoms with Crippen LogP contribution >= 0.6 is 0 Å². The van der Waals surface area contributed by atoms with Crippen molar-refractivity contribution in [1.82, 2.24) is 0 Å². The highest BCUT2D eigenvalue weighted by Crippen LogP contribution is 2.32. The minimum absolute atomic E-state index is 0.170. The topological polar surface area (TPSA) is 52.3 Å². The molecule has 0 aliphatic heterocycles. The summed E-state index contributed by atoms with van der Waals surface area (Å²) in [5.41, 5.74) is 5.63. The summed E-state index contributed by atoms with van der Waals surface area (Å²) in [6.45, 7) is 1.84. The van der Waals surface area contributed by atoms with Gasteiger partial charge in [0, 0.05) is 11.6 Å². The second-order valence-corrected chi connectivity index (χ2v) is 5.12. The van der Waals surface area contributed by atoms with Crippen LogP contribution in [0.25, 0.3) is 17.2 Å². The summed E-state index contributed by atoms with van der Waals surface area (Å²) in [6.07, 6.45) is -2.05. The molecule has 0 unspecified atom stereocenters. The van der Waals surface area contributed by atoms with E-state index in [1.807, 2.05) is 0 Å². The van der Waals surface area contributed by atoms with Crippen molar-refractivity contribution < 1.29 is 27.1 Å². The van der Waals surface area contributed by atoms with Crippen LogP contribution in [0.15, 0.2) is 42.5 Å². The van der Waals surface area contributed by atoms with E-state index in [0.29, 0.717) is 11.1 Å². The first kappa shape index (κ1) is 18.5. The Morgan fingerprint density at radius 3 is 2.36 bits per heavy atom. The quantitative estimate of drug-likeness (QED) is 0.376. The highest BCUT2D eigenvalue weighted by molar-refractivity contribution is 5.89. The van der Waals surface area contributed by atoms with Crippen molar-refractivity contribution in [3.05, 3.63) is 59.4 Å². The van der Waals surface area contributed by atoms with E-state index < -0.39 is 23.5 Å². The maximum atomic E-state index is 14.0. The summed E-state index contributed by atoms with van der Waals surface area (Å²) in [7, 11) is 0. The predicted molar refractivity (Wildman–Crippen MR) is 86.9 cm³/mol. The predicted octanol–water partition coefficient (Wildman–Crippen LogP) is 4.67. The molecule has 0 spiro atoms. The van der Waals surface area contributed by atoms with Crippen molar-refractivity contribution in [2.45, 2.75) is 13.1 Å². The standard InChI is InChI=1S/C18H15F4NO2/c1-2-25-16(24)8-5-12-9-13(10-15(19)17(12)23)11-3-6-14(7-4-11)18(20,21)22/h3-10H,2,23H2,1H3/b8-5+. The van der Waals surface area contributed by atoms with Gasteiger partial charge in [0.25, 0.3) is 0 Å². The molecule has 0 radical (unpaired) electrons. The van der Waals surface area contributed by atoms with Crippen LogP contribution in [-0.2, 0) is 15.7 Å². The molecule has 0 fully saturated rings. The Labute approximate surface area is 141 Å². The Balaban J connectivity index is 2.38. The number of nitrogen functional groups attached to an aromatic ring is 1. The number of carbonyl (C=O) groups is 1. The Morgan fingerprint density at radius 2 is 1.80 bits per heavy atom. The summed E-state index contributed by atoms with van der Waals surface area (Å²) >= 11 is 0. The summed E-state index contributed by atoms with van der Waals surface area (Å²) in [4.78, 5) is 11.3. The minimum atomic E-state index is -4.45. The lowest BCUT2D eigenvalue weighted by Gasteiger charge is -2.10. The lowest BCUT2D eigenvalue weighted by atomic mass is 10.00. The van der Waals surface area contributed by atoms with Gasteiger partial charge in [0.15, 0.2) is 0 Å². The third-order valence-electron chi connectivity index (χ3n) is 3.39. The Kier molecular flexibility index (Phi) is 5.46. The smallest absolute Gasteiger partial charge is 0.416 e. The Morgan fingerprint density at radius 1 is 1.16 bits per heavy atom. The molecule has 25 heavy (non-hydrogen) atoms. The SMILES string of the molecule is CCOC(=O)/C=C/c1cc(-c2ccc(C(F)(F)F)cc2)cc(F)c1N. The monoisotopic (exact) mass is 353 g/mol. The number of nitrogens with two attached hydrogens (primary N) is 1. The molecule has 0 aromatic heterocycles. The zero-order valence-electron chi connectivity index (χ0n) is 13.2. The number of carbonyl (C=O) groups excluding carboxylic acids is 1. The number of anilines is 1. The summed E-state index contributed by atoms with van der Waals surface area (Å²) in [5, 5.41) is 0. The fraction of sp³-hybridized carbons (Fsp3) is 0.167. The van der Waals surface area contributed by atoms with Crippen LogP contribution in [0.3, 0.4) is 0 Å². The maximum absolute atomic E-state index is 14.0. The van der Waals surface area contributed by atoms with Gasteiger partial charge in [-0.05, 0) is 48.4 Å². The van der Waals surface area contributed by atoms with Gasteiger partial charge in [0.1, 0.15) is 5.82 Å². The number of hydrogen-bond acceptors (Lipinski definition) is 3. The first-order valence-electron chi connectivity index (χ1n) is 7.34. The molecule has 0 saturated carbocycles. The first-order chi connectivity index (χ1) is 11.7. The largest absolute Gasteiger partial charge is 0.463 e. The van der Waals surface area contributed by atoms with Gasteiger partial charge in [-0.2, -0.15) is 13.2 Å². The molecule has 0 aliphatic rings. The third kappa shape index (κ3) is 4.59. The van der Waals surface area contributed by atoms with Crippen molar-refractivity contribution in [2.24, 2.45) is 0 Å². The van der Waals surface area contributed by atoms with E-state index in [1.165, 1.54) is 24.3 Å². The summed E-state index contributed by atoms with van der Waals surface area (Å²) < 4.78 is 56.6. The number of hydrogen-bond donors (Lipinski definition) is 1. The fourth-order valence-electron chi connectivity index (χ4n) is 2.14. The molecule has 0 atom stereocenters. The van der Waals surface area contributed by atoms with E-state index in [4.69, 9.17) is 10.5 Å². The Bertz CT molecular complexity index is 796. The molecule has 2 N–H and O–H groups in total. The zero-order chi connectivity index (χ0) is 18.6. The Hall–Kier alpha value is -2.83. The summed E-state index contributed by atoms with van der Waals surface area (Å²) in [6, 6.07) is 6.92. The number of halogens is 4. The van der Waals surface area contributed by atoms with Crippen molar-refractivity contribution in [2.75, 3.05) is 12.3 Å². The van der Waals surface area contributed by atoms with Gasteiger partial charge in [-0.1, -0.05) is 12.1 Å². The van der Waals surface area contributed by atoms with Crippen LogP contribution in [0.4, 0.5) is 23.2 Å². The molecule has 0 bridgehead atoms. The van der Waals surface area contributed by atoms with Crippen LogP contribution in [-0.4, -0.2) is 12.6 Å². The number of esters is 1. The lowest BCUT2D eigenvalue weighted by molar-refractivity contribution is -0.138. The highest BCUT2D eigenvalue weighted by atomic mass is 19.4. The maximum Gasteiger partial charge on any atom is 0.416 e. The van der Waals surface area contributed by atoms with Crippen LogP contribution in [0.1, 0.15) is 18.1 Å². The van der Waals surface area contributed by atoms with E-state index in [-0.39, 0.29) is 17.9 Å². The molecule has 132 valence electrons. The first-order valence-corrected chi connectivity index (χ1v) is 7.34. The van der Waals surface area contributed by atoms with Gasteiger partial charge in [-0.3, -0.25) is 0 Å². The molecule has 0 heterocycles. The van der Waals surface area contributed by atoms with E-state index >= 15 is 0 Å². The fourth-order valence-corrected chi connectivity index (χ4v) is 2.14. The minimum Gasteiger partial charge on any atom is -0.463 e. The van der Waals surface area contributed by atoms with Gasteiger partial charge in [0.05, 0.1) is 17.9 Å². The third-order valence-corrected chi connectivity index (χ3v) is 3.39. The molecule has 2 aromatic rings.